The first-order valence-electron chi connectivity index (χ1n) is 7.80. The number of pyridine rings is 1. The van der Waals surface area contributed by atoms with Gasteiger partial charge in [0, 0.05) is 11.8 Å². The summed E-state index contributed by atoms with van der Waals surface area (Å²) in [5, 5.41) is 3.20. The number of thiophene rings is 1. The Morgan fingerprint density at radius 3 is 2.84 bits per heavy atom. The zero-order chi connectivity index (χ0) is 18.1. The number of fused-ring (bicyclic) bond motifs is 1. The highest BCUT2D eigenvalue weighted by atomic mass is 32.1. The molecule has 0 radical (unpaired) electrons. The van der Waals surface area contributed by atoms with E-state index in [-0.39, 0.29) is 10.6 Å². The summed E-state index contributed by atoms with van der Waals surface area (Å²) < 4.78 is 19.5. The molecule has 0 fully saturated rings. The summed E-state index contributed by atoms with van der Waals surface area (Å²) in [5.41, 5.74) is 8.21. The fourth-order valence-corrected chi connectivity index (χ4v) is 3.61. The number of benzene rings is 1. The number of carbonyl (C=O) groups is 1. The van der Waals surface area contributed by atoms with Crippen LogP contribution < -0.4 is 15.8 Å². The number of carbonyl (C=O) groups excluding carboxylic acids is 1. The van der Waals surface area contributed by atoms with E-state index in [1.54, 1.807) is 18.2 Å². The Hall–Kier alpha value is -2.67. The molecule has 3 aromatic rings. The molecular formula is C18H18FN3O2S. The second-order valence-electron chi connectivity index (χ2n) is 5.66. The Bertz CT molecular complexity index is 969. The molecule has 0 saturated carbocycles. The average Bonchev–Trinajstić information content (AvgIpc) is 2.88. The molecule has 0 aliphatic carbocycles. The zero-order valence-corrected chi connectivity index (χ0v) is 15.0. The van der Waals surface area contributed by atoms with Crippen LogP contribution in [0.25, 0.3) is 10.2 Å². The van der Waals surface area contributed by atoms with Crippen LogP contribution in [0.4, 0.5) is 15.8 Å². The molecule has 0 bridgehead atoms. The summed E-state index contributed by atoms with van der Waals surface area (Å²) in [7, 11) is 0. The van der Waals surface area contributed by atoms with Crippen molar-refractivity contribution in [3.63, 3.8) is 0 Å². The number of aryl methyl sites for hydroxylation is 2. The number of nitrogens with zero attached hydrogens (tertiary/aromatic N) is 1. The van der Waals surface area contributed by atoms with Crippen LogP contribution in [0.15, 0.2) is 24.3 Å². The van der Waals surface area contributed by atoms with Crippen molar-refractivity contribution in [1.29, 1.82) is 0 Å². The van der Waals surface area contributed by atoms with Crippen LogP contribution in [0.2, 0.25) is 0 Å². The Balaban J connectivity index is 2.03. The van der Waals surface area contributed by atoms with Gasteiger partial charge >= 0.3 is 0 Å². The molecule has 5 nitrogen and oxygen atoms in total. The molecule has 3 rings (SSSR count). The summed E-state index contributed by atoms with van der Waals surface area (Å²) in [6.07, 6.45) is 0. The van der Waals surface area contributed by atoms with E-state index >= 15 is 0 Å². The van der Waals surface area contributed by atoms with Crippen LogP contribution in [0.1, 0.15) is 27.9 Å². The van der Waals surface area contributed by atoms with Gasteiger partial charge in [-0.3, -0.25) is 4.79 Å². The average molecular weight is 359 g/mol. The van der Waals surface area contributed by atoms with E-state index in [2.05, 4.69) is 10.3 Å². The maximum absolute atomic E-state index is 13.9. The fraction of sp³-hybridized carbons (Fsp3) is 0.222. The van der Waals surface area contributed by atoms with Gasteiger partial charge in [-0.05, 0) is 38.5 Å². The number of anilines is 2. The summed E-state index contributed by atoms with van der Waals surface area (Å²) in [5.74, 6) is -0.368. The highest BCUT2D eigenvalue weighted by molar-refractivity contribution is 7.21. The van der Waals surface area contributed by atoms with Crippen molar-refractivity contribution < 1.29 is 13.9 Å². The Morgan fingerprint density at radius 2 is 2.12 bits per heavy atom. The minimum atomic E-state index is -0.498. The number of hydrogen-bond acceptors (Lipinski definition) is 5. The third kappa shape index (κ3) is 3.28. The van der Waals surface area contributed by atoms with Crippen molar-refractivity contribution in [2.24, 2.45) is 0 Å². The van der Waals surface area contributed by atoms with E-state index in [0.29, 0.717) is 28.3 Å². The molecule has 0 unspecified atom stereocenters. The quantitative estimate of drug-likeness (QED) is 0.729. The van der Waals surface area contributed by atoms with E-state index in [0.717, 1.165) is 22.6 Å². The molecule has 1 amide bonds. The van der Waals surface area contributed by atoms with Crippen LogP contribution in [-0.4, -0.2) is 17.5 Å². The van der Waals surface area contributed by atoms with Gasteiger partial charge in [-0.15, -0.1) is 11.3 Å². The number of halogens is 1. The van der Waals surface area contributed by atoms with Gasteiger partial charge in [-0.1, -0.05) is 6.07 Å². The number of nitrogens with one attached hydrogen (secondary N) is 1. The summed E-state index contributed by atoms with van der Waals surface area (Å²) in [4.78, 5) is 17.9. The molecule has 0 saturated heterocycles. The lowest BCUT2D eigenvalue weighted by molar-refractivity contribution is 0.103. The van der Waals surface area contributed by atoms with Gasteiger partial charge in [0.1, 0.15) is 21.3 Å². The number of nitrogens with two attached hydrogens (primary N) is 1. The molecular weight excluding hydrogens is 341 g/mol. The predicted molar refractivity (Wildman–Crippen MR) is 99.0 cm³/mol. The molecule has 1 aromatic carbocycles. The lowest BCUT2D eigenvalue weighted by atomic mass is 10.2. The number of ether oxygens (including phenoxy) is 1. The molecule has 2 heterocycles. The molecule has 0 spiro atoms. The van der Waals surface area contributed by atoms with E-state index in [9.17, 15) is 9.18 Å². The lowest BCUT2D eigenvalue weighted by Gasteiger charge is -2.07. The second-order valence-corrected chi connectivity index (χ2v) is 6.66. The first-order chi connectivity index (χ1) is 11.9. The predicted octanol–water partition coefficient (Wildman–Crippen LogP) is 4.29. The third-order valence-electron chi connectivity index (χ3n) is 3.67. The van der Waals surface area contributed by atoms with Crippen LogP contribution in [0.3, 0.4) is 0 Å². The van der Waals surface area contributed by atoms with E-state index in [1.165, 1.54) is 6.07 Å². The number of nitrogen functional groups attached to an aromatic ring is 1. The molecule has 0 atom stereocenters. The lowest BCUT2D eigenvalue weighted by Crippen LogP contribution is -2.13. The topological polar surface area (TPSA) is 77.2 Å². The molecule has 7 heteroatoms. The standard InChI is InChI=1S/C18H18FN3O2S/c1-4-24-13-8-10(3)21-18-14(13)15(20)16(25-18)17(23)22-12-7-9(2)5-6-11(12)19/h5-8H,4,20H2,1-3H3,(H,22,23). The van der Waals surface area contributed by atoms with Crippen LogP contribution >= 0.6 is 11.3 Å². The van der Waals surface area contributed by atoms with Gasteiger partial charge in [0.15, 0.2) is 0 Å². The second kappa shape index (κ2) is 6.68. The number of aromatic nitrogens is 1. The van der Waals surface area contributed by atoms with Crippen molar-refractivity contribution in [3.05, 3.63) is 46.2 Å². The summed E-state index contributed by atoms with van der Waals surface area (Å²) >= 11 is 1.16. The highest BCUT2D eigenvalue weighted by Gasteiger charge is 2.21. The number of amides is 1. The van der Waals surface area contributed by atoms with Gasteiger partial charge in [-0.2, -0.15) is 0 Å². The molecule has 2 aromatic heterocycles. The van der Waals surface area contributed by atoms with Gasteiger partial charge in [0.2, 0.25) is 0 Å². The molecule has 0 aliphatic heterocycles. The molecule has 130 valence electrons. The largest absolute Gasteiger partial charge is 0.493 e. The summed E-state index contributed by atoms with van der Waals surface area (Å²) in [6.45, 7) is 6.02. The van der Waals surface area contributed by atoms with E-state index in [4.69, 9.17) is 10.5 Å². The fourth-order valence-electron chi connectivity index (χ4n) is 2.55. The van der Waals surface area contributed by atoms with Crippen molar-refractivity contribution in [2.45, 2.75) is 20.8 Å². The van der Waals surface area contributed by atoms with Gasteiger partial charge in [0.05, 0.1) is 23.4 Å². The zero-order valence-electron chi connectivity index (χ0n) is 14.1. The first-order valence-corrected chi connectivity index (χ1v) is 8.62. The van der Waals surface area contributed by atoms with Crippen molar-refractivity contribution in [2.75, 3.05) is 17.7 Å². The number of hydrogen-bond donors (Lipinski definition) is 2. The van der Waals surface area contributed by atoms with E-state index < -0.39 is 11.7 Å². The molecule has 0 aliphatic rings. The first kappa shape index (κ1) is 17.2. The molecule has 3 N–H and O–H groups in total. The SMILES string of the molecule is CCOc1cc(C)nc2sc(C(=O)Nc3cc(C)ccc3F)c(N)c12. The van der Waals surface area contributed by atoms with Crippen molar-refractivity contribution >= 4 is 38.8 Å². The van der Waals surface area contributed by atoms with Gasteiger partial charge in [0.25, 0.3) is 5.91 Å². The third-order valence-corrected chi connectivity index (χ3v) is 4.77. The van der Waals surface area contributed by atoms with Crippen LogP contribution in [0, 0.1) is 19.7 Å². The smallest absolute Gasteiger partial charge is 0.268 e. The van der Waals surface area contributed by atoms with E-state index in [1.807, 2.05) is 20.8 Å². The maximum Gasteiger partial charge on any atom is 0.268 e. The molecule has 25 heavy (non-hydrogen) atoms. The van der Waals surface area contributed by atoms with Crippen molar-refractivity contribution in [3.8, 4) is 5.75 Å². The maximum atomic E-state index is 13.9. The highest BCUT2D eigenvalue weighted by Crippen LogP contribution is 2.39. The monoisotopic (exact) mass is 359 g/mol. The Labute approximate surface area is 148 Å². The van der Waals surface area contributed by atoms with Crippen molar-refractivity contribution in [1.82, 2.24) is 4.98 Å². The number of rotatable bonds is 4. The normalized spacial score (nSPS) is 10.9. The Morgan fingerprint density at radius 1 is 1.36 bits per heavy atom. The van der Waals surface area contributed by atoms with Gasteiger partial charge in [-0.25, -0.2) is 9.37 Å². The minimum absolute atomic E-state index is 0.121. The van der Waals surface area contributed by atoms with Gasteiger partial charge < -0.3 is 15.8 Å². The Kier molecular flexibility index (Phi) is 4.59. The summed E-state index contributed by atoms with van der Waals surface area (Å²) in [6, 6.07) is 6.32. The minimum Gasteiger partial charge on any atom is -0.493 e. The van der Waals surface area contributed by atoms with Crippen LogP contribution in [-0.2, 0) is 0 Å². The van der Waals surface area contributed by atoms with Crippen LogP contribution in [0.5, 0.6) is 5.75 Å².